The summed E-state index contributed by atoms with van der Waals surface area (Å²) in [5.74, 6) is 0.527. The summed E-state index contributed by atoms with van der Waals surface area (Å²) in [6.45, 7) is 6.11. The second kappa shape index (κ2) is 8.64. The van der Waals surface area contributed by atoms with Gasteiger partial charge < -0.3 is 15.2 Å². The monoisotopic (exact) mass is 395 g/mol. The van der Waals surface area contributed by atoms with Crippen molar-refractivity contribution in [1.82, 2.24) is 20.2 Å². The minimum Gasteiger partial charge on any atom is -0.369 e. The lowest BCUT2D eigenvalue weighted by Gasteiger charge is -2.36. The summed E-state index contributed by atoms with van der Waals surface area (Å²) >= 11 is 0. The molecule has 2 aromatic rings. The summed E-state index contributed by atoms with van der Waals surface area (Å²) in [4.78, 5) is 23.1. The van der Waals surface area contributed by atoms with Gasteiger partial charge in [-0.2, -0.15) is 13.2 Å². The summed E-state index contributed by atoms with van der Waals surface area (Å²) < 4.78 is 38.6. The number of hydrogen-bond acceptors (Lipinski definition) is 4. The molecule has 0 spiro atoms. The van der Waals surface area contributed by atoms with Crippen molar-refractivity contribution in [3.63, 3.8) is 0 Å². The summed E-state index contributed by atoms with van der Waals surface area (Å²) in [5.41, 5.74) is 0.444. The number of H-pyrrole nitrogens is 1. The number of anilines is 1. The fourth-order valence-electron chi connectivity index (χ4n) is 3.24. The van der Waals surface area contributed by atoms with Crippen LogP contribution in [0.25, 0.3) is 0 Å². The molecule has 1 aromatic heterocycles. The number of piperazine rings is 1. The van der Waals surface area contributed by atoms with Crippen LogP contribution in [-0.4, -0.2) is 60.0 Å². The van der Waals surface area contributed by atoms with Crippen molar-refractivity contribution in [2.24, 2.45) is 0 Å². The van der Waals surface area contributed by atoms with Crippen LogP contribution in [0, 0.1) is 6.92 Å². The van der Waals surface area contributed by atoms with Crippen molar-refractivity contribution in [2.45, 2.75) is 19.5 Å². The average molecular weight is 395 g/mol. The van der Waals surface area contributed by atoms with E-state index in [2.05, 4.69) is 20.2 Å². The van der Waals surface area contributed by atoms with Gasteiger partial charge in [-0.1, -0.05) is 6.07 Å². The first-order valence-corrected chi connectivity index (χ1v) is 9.27. The van der Waals surface area contributed by atoms with Gasteiger partial charge in [-0.05, 0) is 38.1 Å². The molecular weight excluding hydrogens is 371 g/mol. The van der Waals surface area contributed by atoms with Crippen molar-refractivity contribution >= 4 is 11.6 Å². The Morgan fingerprint density at radius 3 is 2.64 bits per heavy atom. The number of benzene rings is 1. The van der Waals surface area contributed by atoms with E-state index in [1.807, 2.05) is 4.90 Å². The quantitative estimate of drug-likeness (QED) is 0.739. The normalized spacial score (nSPS) is 15.6. The van der Waals surface area contributed by atoms with E-state index >= 15 is 0 Å². The molecule has 1 fully saturated rings. The van der Waals surface area contributed by atoms with Gasteiger partial charge in [0.2, 0.25) is 0 Å². The number of imidazole rings is 1. The smallest absolute Gasteiger partial charge is 0.369 e. The van der Waals surface area contributed by atoms with Gasteiger partial charge in [0.05, 0.1) is 11.8 Å². The van der Waals surface area contributed by atoms with Gasteiger partial charge in [0, 0.05) is 38.4 Å². The second-order valence-electron chi connectivity index (χ2n) is 6.87. The topological polar surface area (TPSA) is 64.3 Å². The number of alkyl halides is 3. The zero-order chi connectivity index (χ0) is 20.1. The van der Waals surface area contributed by atoms with Crippen molar-refractivity contribution in [3.8, 4) is 0 Å². The van der Waals surface area contributed by atoms with Crippen LogP contribution in [0.5, 0.6) is 0 Å². The molecule has 0 radical (unpaired) electrons. The van der Waals surface area contributed by atoms with Crippen LogP contribution in [0.15, 0.2) is 30.5 Å². The van der Waals surface area contributed by atoms with Crippen molar-refractivity contribution in [3.05, 3.63) is 47.5 Å². The Bertz CT molecular complexity index is 797. The number of carbonyl (C=O) groups is 1. The second-order valence-corrected chi connectivity index (χ2v) is 6.87. The van der Waals surface area contributed by atoms with Crippen molar-refractivity contribution in [1.29, 1.82) is 0 Å². The molecule has 2 N–H and O–H groups in total. The fourth-order valence-corrected chi connectivity index (χ4v) is 3.24. The number of rotatable bonds is 6. The SMILES string of the molecule is Cc1ncc(C(=O)NCCCN2CCN(c3cccc(C(F)(F)F)c3)CC2)[nH]1. The summed E-state index contributed by atoms with van der Waals surface area (Å²) in [5, 5.41) is 2.85. The number of amides is 1. The van der Waals surface area contributed by atoms with Gasteiger partial charge in [-0.3, -0.25) is 9.69 Å². The van der Waals surface area contributed by atoms with E-state index in [0.717, 1.165) is 32.1 Å². The lowest BCUT2D eigenvalue weighted by atomic mass is 10.1. The molecule has 0 saturated carbocycles. The molecule has 0 bridgehead atoms. The van der Waals surface area contributed by atoms with E-state index in [-0.39, 0.29) is 5.91 Å². The van der Waals surface area contributed by atoms with Crippen LogP contribution in [0.1, 0.15) is 28.3 Å². The Labute approximate surface area is 161 Å². The number of carbonyl (C=O) groups excluding carboxylic acids is 1. The highest BCUT2D eigenvalue weighted by Gasteiger charge is 2.31. The van der Waals surface area contributed by atoms with Crippen LogP contribution in [0.4, 0.5) is 18.9 Å². The first kappa shape index (κ1) is 20.2. The third-order valence-corrected chi connectivity index (χ3v) is 4.80. The maximum Gasteiger partial charge on any atom is 0.416 e. The molecule has 0 unspecified atom stereocenters. The summed E-state index contributed by atoms with van der Waals surface area (Å²) in [6, 6.07) is 5.48. The highest BCUT2D eigenvalue weighted by Crippen LogP contribution is 2.31. The number of aromatic nitrogens is 2. The van der Waals surface area contributed by atoms with Gasteiger partial charge in [0.15, 0.2) is 0 Å². The molecule has 1 amide bonds. The number of halogens is 3. The molecule has 1 aromatic carbocycles. The van der Waals surface area contributed by atoms with Crippen LogP contribution < -0.4 is 10.2 Å². The number of aryl methyl sites for hydroxylation is 1. The highest BCUT2D eigenvalue weighted by atomic mass is 19.4. The zero-order valence-corrected chi connectivity index (χ0v) is 15.7. The molecule has 1 aliphatic rings. The van der Waals surface area contributed by atoms with E-state index in [4.69, 9.17) is 0 Å². The first-order chi connectivity index (χ1) is 13.3. The van der Waals surface area contributed by atoms with Gasteiger partial charge in [0.1, 0.15) is 11.5 Å². The molecule has 152 valence electrons. The van der Waals surface area contributed by atoms with E-state index in [0.29, 0.717) is 36.8 Å². The fraction of sp³-hybridized carbons (Fsp3) is 0.474. The molecule has 1 saturated heterocycles. The van der Waals surface area contributed by atoms with Crippen molar-refractivity contribution in [2.75, 3.05) is 44.2 Å². The third kappa shape index (κ3) is 5.25. The van der Waals surface area contributed by atoms with E-state index in [9.17, 15) is 18.0 Å². The minimum atomic E-state index is -4.32. The van der Waals surface area contributed by atoms with Crippen LogP contribution in [-0.2, 0) is 6.18 Å². The zero-order valence-electron chi connectivity index (χ0n) is 15.7. The Hall–Kier alpha value is -2.55. The largest absolute Gasteiger partial charge is 0.416 e. The molecule has 0 aliphatic carbocycles. The molecule has 0 atom stereocenters. The molecule has 6 nitrogen and oxygen atoms in total. The Morgan fingerprint density at radius 1 is 1.25 bits per heavy atom. The van der Waals surface area contributed by atoms with Crippen molar-refractivity contribution < 1.29 is 18.0 Å². The average Bonchev–Trinajstić information content (AvgIpc) is 3.11. The van der Waals surface area contributed by atoms with Crippen LogP contribution in [0.3, 0.4) is 0 Å². The lowest BCUT2D eigenvalue weighted by molar-refractivity contribution is -0.137. The number of nitrogens with one attached hydrogen (secondary N) is 2. The molecule has 9 heteroatoms. The standard InChI is InChI=1S/C19H24F3N5O/c1-14-24-13-17(25-14)18(28)23-6-3-7-26-8-10-27(11-9-26)16-5-2-4-15(12-16)19(20,21)22/h2,4-5,12-13H,3,6-11H2,1H3,(H,23,28)(H,24,25). The predicted octanol–water partition coefficient (Wildman–Crippen LogP) is 2.68. The van der Waals surface area contributed by atoms with Crippen LogP contribution >= 0.6 is 0 Å². The predicted molar refractivity (Wildman–Crippen MR) is 100 cm³/mol. The Balaban J connectivity index is 1.39. The molecular formula is C19H24F3N5O. The Kier molecular flexibility index (Phi) is 6.23. The Morgan fingerprint density at radius 2 is 2.00 bits per heavy atom. The third-order valence-electron chi connectivity index (χ3n) is 4.80. The summed E-state index contributed by atoms with van der Waals surface area (Å²) in [6.07, 6.45) is -2.00. The summed E-state index contributed by atoms with van der Waals surface area (Å²) in [7, 11) is 0. The van der Waals surface area contributed by atoms with Crippen LogP contribution in [0.2, 0.25) is 0 Å². The molecule has 1 aliphatic heterocycles. The molecule has 28 heavy (non-hydrogen) atoms. The number of aromatic amines is 1. The van der Waals surface area contributed by atoms with Gasteiger partial charge >= 0.3 is 6.18 Å². The number of hydrogen-bond donors (Lipinski definition) is 2. The maximum atomic E-state index is 12.9. The van der Waals surface area contributed by atoms with E-state index in [1.165, 1.54) is 18.3 Å². The molecule has 3 rings (SSSR count). The maximum absolute atomic E-state index is 12.9. The lowest BCUT2D eigenvalue weighted by Crippen LogP contribution is -2.47. The van der Waals surface area contributed by atoms with Gasteiger partial charge in [-0.25, -0.2) is 4.98 Å². The van der Waals surface area contributed by atoms with Gasteiger partial charge in [-0.15, -0.1) is 0 Å². The van der Waals surface area contributed by atoms with E-state index < -0.39 is 11.7 Å². The highest BCUT2D eigenvalue weighted by molar-refractivity contribution is 5.92. The minimum absolute atomic E-state index is 0.171. The molecule has 2 heterocycles. The van der Waals surface area contributed by atoms with E-state index in [1.54, 1.807) is 13.0 Å². The number of nitrogens with zero attached hydrogens (tertiary/aromatic N) is 3. The first-order valence-electron chi connectivity index (χ1n) is 9.27. The van der Waals surface area contributed by atoms with Gasteiger partial charge in [0.25, 0.3) is 5.91 Å².